The van der Waals surface area contributed by atoms with Gasteiger partial charge in [0.1, 0.15) is 0 Å². The number of carbonyl (C=O) groups is 2. The van der Waals surface area contributed by atoms with Crippen LogP contribution in [0.4, 0.5) is 0 Å². The second kappa shape index (κ2) is 6.09. The van der Waals surface area contributed by atoms with Gasteiger partial charge in [0.15, 0.2) is 0 Å². The van der Waals surface area contributed by atoms with Crippen LogP contribution >= 0.6 is 0 Å². The molecule has 20 heavy (non-hydrogen) atoms. The molecule has 0 saturated heterocycles. The quantitative estimate of drug-likeness (QED) is 0.636. The summed E-state index contributed by atoms with van der Waals surface area (Å²) >= 11 is 0. The van der Waals surface area contributed by atoms with E-state index in [4.69, 9.17) is 5.11 Å². The molecular formula is C12H22N2O5S. The molecule has 1 fully saturated rings. The van der Waals surface area contributed by atoms with Crippen molar-refractivity contribution in [2.24, 2.45) is 11.8 Å². The summed E-state index contributed by atoms with van der Waals surface area (Å²) in [5.74, 6) is -1.82. The van der Waals surface area contributed by atoms with Gasteiger partial charge in [-0.3, -0.25) is 9.59 Å². The van der Waals surface area contributed by atoms with Crippen molar-refractivity contribution < 1.29 is 23.1 Å². The highest BCUT2D eigenvalue weighted by Gasteiger charge is 2.34. The van der Waals surface area contributed by atoms with Crippen LogP contribution in [0, 0.1) is 11.8 Å². The molecule has 116 valence electrons. The molecule has 3 N–H and O–H groups in total. The van der Waals surface area contributed by atoms with Crippen LogP contribution in [-0.4, -0.2) is 43.7 Å². The third-order valence-corrected chi connectivity index (χ3v) is 4.24. The van der Waals surface area contributed by atoms with Crippen molar-refractivity contribution in [1.29, 1.82) is 0 Å². The normalized spacial score (nSPS) is 23.6. The topological polar surface area (TPSA) is 113 Å². The molecule has 0 radical (unpaired) electrons. The lowest BCUT2D eigenvalue weighted by molar-refractivity contribution is -0.141. The Hall–Kier alpha value is -1.15. The average Bonchev–Trinajstić information content (AvgIpc) is 2.71. The first kappa shape index (κ1) is 16.9. The Bertz CT molecular complexity index is 486. The molecular weight excluding hydrogens is 284 g/mol. The number of hydrogen-bond acceptors (Lipinski definition) is 4. The summed E-state index contributed by atoms with van der Waals surface area (Å²) in [5.41, 5.74) is -0.784. The van der Waals surface area contributed by atoms with E-state index in [1.165, 1.54) is 0 Å². The van der Waals surface area contributed by atoms with Crippen LogP contribution < -0.4 is 10.0 Å². The van der Waals surface area contributed by atoms with Gasteiger partial charge in [0, 0.05) is 18.0 Å². The van der Waals surface area contributed by atoms with E-state index in [0.29, 0.717) is 19.3 Å². The molecule has 0 aliphatic heterocycles. The summed E-state index contributed by atoms with van der Waals surface area (Å²) in [7, 11) is -3.35. The molecule has 0 aromatic rings. The molecule has 2 atom stereocenters. The summed E-state index contributed by atoms with van der Waals surface area (Å²) in [6.45, 7) is 3.50. The van der Waals surface area contributed by atoms with Crippen LogP contribution in [0.5, 0.6) is 0 Å². The molecule has 1 amide bonds. The van der Waals surface area contributed by atoms with Crippen molar-refractivity contribution in [3.8, 4) is 0 Å². The van der Waals surface area contributed by atoms with Gasteiger partial charge in [-0.1, -0.05) is 0 Å². The highest BCUT2D eigenvalue weighted by atomic mass is 32.2. The number of amides is 1. The van der Waals surface area contributed by atoms with E-state index >= 15 is 0 Å². The van der Waals surface area contributed by atoms with Crippen LogP contribution in [0.1, 0.15) is 33.1 Å². The van der Waals surface area contributed by atoms with E-state index in [1.807, 2.05) is 0 Å². The number of nitrogens with one attached hydrogen (secondary N) is 2. The van der Waals surface area contributed by atoms with Gasteiger partial charge in [0.25, 0.3) is 0 Å². The number of hydrogen-bond donors (Lipinski definition) is 3. The van der Waals surface area contributed by atoms with Gasteiger partial charge < -0.3 is 10.4 Å². The van der Waals surface area contributed by atoms with Gasteiger partial charge in [-0.25, -0.2) is 13.1 Å². The lowest BCUT2D eigenvalue weighted by atomic mass is 10.0. The van der Waals surface area contributed by atoms with Crippen molar-refractivity contribution in [3.05, 3.63) is 0 Å². The predicted molar refractivity (Wildman–Crippen MR) is 73.5 cm³/mol. The summed E-state index contributed by atoms with van der Waals surface area (Å²) in [6.07, 6.45) is 2.48. The Labute approximate surface area is 119 Å². The maximum atomic E-state index is 11.9. The molecule has 2 unspecified atom stereocenters. The summed E-state index contributed by atoms with van der Waals surface area (Å²) in [4.78, 5) is 22.8. The molecule has 0 spiro atoms. The van der Waals surface area contributed by atoms with Gasteiger partial charge in [0.2, 0.25) is 15.9 Å². The largest absolute Gasteiger partial charge is 0.481 e. The molecule has 1 aliphatic carbocycles. The van der Waals surface area contributed by atoms with Gasteiger partial charge in [-0.15, -0.1) is 0 Å². The average molecular weight is 306 g/mol. The zero-order chi connectivity index (χ0) is 15.6. The fraction of sp³-hybridized carbons (Fsp3) is 0.833. The first-order valence-corrected chi connectivity index (χ1v) is 8.39. The number of aliphatic carboxylic acids is 1. The van der Waals surface area contributed by atoms with Crippen molar-refractivity contribution >= 4 is 21.9 Å². The SMILES string of the molecule is CC(C)(CNC(=O)C1CCC(C(=O)O)C1)NS(C)(=O)=O. The Morgan fingerprint density at radius 2 is 1.80 bits per heavy atom. The minimum atomic E-state index is -3.35. The predicted octanol–water partition coefficient (Wildman–Crippen LogP) is -0.0687. The van der Waals surface area contributed by atoms with E-state index in [1.54, 1.807) is 13.8 Å². The van der Waals surface area contributed by atoms with Crippen molar-refractivity contribution in [1.82, 2.24) is 10.0 Å². The van der Waals surface area contributed by atoms with Gasteiger partial charge in [-0.2, -0.15) is 0 Å². The van der Waals surface area contributed by atoms with Crippen LogP contribution in [0.3, 0.4) is 0 Å². The standard InChI is InChI=1S/C12H22N2O5S/c1-12(2,14-20(3,18)19)7-13-10(15)8-4-5-9(6-8)11(16)17/h8-9,14H,4-7H2,1-3H3,(H,13,15)(H,16,17). The van der Waals surface area contributed by atoms with Crippen molar-refractivity contribution in [2.45, 2.75) is 38.6 Å². The molecule has 0 aromatic heterocycles. The van der Waals surface area contributed by atoms with Crippen LogP contribution in [0.2, 0.25) is 0 Å². The maximum absolute atomic E-state index is 11.9. The zero-order valence-corrected chi connectivity index (χ0v) is 12.8. The van der Waals surface area contributed by atoms with Crippen LogP contribution in [-0.2, 0) is 19.6 Å². The highest BCUT2D eigenvalue weighted by Crippen LogP contribution is 2.31. The molecule has 1 saturated carbocycles. The number of carbonyl (C=O) groups excluding carboxylic acids is 1. The highest BCUT2D eigenvalue weighted by molar-refractivity contribution is 7.88. The molecule has 0 aromatic carbocycles. The molecule has 7 nitrogen and oxygen atoms in total. The molecule has 0 bridgehead atoms. The Morgan fingerprint density at radius 1 is 1.25 bits per heavy atom. The minimum absolute atomic E-state index is 0.160. The smallest absolute Gasteiger partial charge is 0.306 e. The Kier molecular flexibility index (Phi) is 5.15. The monoisotopic (exact) mass is 306 g/mol. The van der Waals surface area contributed by atoms with E-state index in [0.717, 1.165) is 6.26 Å². The van der Waals surface area contributed by atoms with Crippen LogP contribution in [0.25, 0.3) is 0 Å². The summed E-state index contributed by atoms with van der Waals surface area (Å²) in [6, 6.07) is 0. The van der Waals surface area contributed by atoms with E-state index < -0.39 is 27.4 Å². The van der Waals surface area contributed by atoms with Gasteiger partial charge in [0.05, 0.1) is 12.2 Å². The van der Waals surface area contributed by atoms with E-state index in [-0.39, 0.29) is 18.4 Å². The number of carboxylic acids is 1. The van der Waals surface area contributed by atoms with Gasteiger partial charge in [-0.05, 0) is 33.1 Å². The van der Waals surface area contributed by atoms with Crippen LogP contribution in [0.15, 0.2) is 0 Å². The number of carboxylic acid groups (broad SMARTS) is 1. The van der Waals surface area contributed by atoms with E-state index in [2.05, 4.69) is 10.0 Å². The summed E-state index contributed by atoms with van der Waals surface area (Å²) < 4.78 is 24.8. The molecule has 0 heterocycles. The third kappa shape index (κ3) is 5.46. The molecule has 8 heteroatoms. The minimum Gasteiger partial charge on any atom is -0.481 e. The molecule has 1 aliphatic rings. The fourth-order valence-corrected chi connectivity index (χ4v) is 3.51. The van der Waals surface area contributed by atoms with Crippen molar-refractivity contribution in [3.63, 3.8) is 0 Å². The Balaban J connectivity index is 2.46. The second-order valence-corrected chi connectivity index (χ2v) is 7.77. The first-order valence-electron chi connectivity index (χ1n) is 6.50. The fourth-order valence-electron chi connectivity index (χ4n) is 2.43. The lowest BCUT2D eigenvalue weighted by Gasteiger charge is -2.26. The third-order valence-electron chi connectivity index (χ3n) is 3.32. The zero-order valence-electron chi connectivity index (χ0n) is 12.0. The van der Waals surface area contributed by atoms with Gasteiger partial charge >= 0.3 is 5.97 Å². The first-order chi connectivity index (χ1) is 9.00. The second-order valence-electron chi connectivity index (χ2n) is 6.02. The lowest BCUT2D eigenvalue weighted by Crippen LogP contribution is -2.51. The maximum Gasteiger partial charge on any atom is 0.306 e. The number of rotatable bonds is 6. The number of sulfonamides is 1. The van der Waals surface area contributed by atoms with Crippen molar-refractivity contribution in [2.75, 3.05) is 12.8 Å². The Morgan fingerprint density at radius 3 is 2.25 bits per heavy atom. The molecule has 1 rings (SSSR count). The van der Waals surface area contributed by atoms with E-state index in [9.17, 15) is 18.0 Å². The summed E-state index contributed by atoms with van der Waals surface area (Å²) in [5, 5.41) is 11.6.